The lowest BCUT2D eigenvalue weighted by atomic mass is 9.76. The molecule has 3 N–H and O–H groups in total. The molecule has 2 aromatic rings. The standard InChI is InChI=1S/C19H24N4O3/c24-12-14(25)11-23-8-5-19(6-9-23)4-3-15-16(19)21-17(22-18(15)26)13-2-1-7-20-10-13/h1-2,7,10,14,24-25H,3-6,8-9,11-12H2,(H,21,22,26). The molecule has 1 aliphatic carbocycles. The number of hydrogen-bond acceptors (Lipinski definition) is 6. The third-order valence-corrected chi connectivity index (χ3v) is 5.80. The Morgan fingerprint density at radius 3 is 2.81 bits per heavy atom. The van der Waals surface area contributed by atoms with E-state index < -0.39 is 6.10 Å². The lowest BCUT2D eigenvalue weighted by molar-refractivity contribution is 0.0430. The molecule has 1 atom stereocenters. The van der Waals surface area contributed by atoms with Crippen LogP contribution < -0.4 is 5.56 Å². The Hall–Kier alpha value is -2.09. The van der Waals surface area contributed by atoms with Crippen molar-refractivity contribution in [3.05, 3.63) is 46.1 Å². The summed E-state index contributed by atoms with van der Waals surface area (Å²) < 4.78 is 0. The summed E-state index contributed by atoms with van der Waals surface area (Å²) in [6, 6.07) is 3.74. The number of pyridine rings is 1. The van der Waals surface area contributed by atoms with Crippen LogP contribution in [0.4, 0.5) is 0 Å². The van der Waals surface area contributed by atoms with Gasteiger partial charge in [0.2, 0.25) is 0 Å². The molecule has 0 aromatic carbocycles. The van der Waals surface area contributed by atoms with E-state index in [2.05, 4.69) is 14.9 Å². The number of hydrogen-bond donors (Lipinski definition) is 3. The third kappa shape index (κ3) is 3.06. The second kappa shape index (κ2) is 6.90. The van der Waals surface area contributed by atoms with Gasteiger partial charge in [-0.15, -0.1) is 0 Å². The molecule has 1 fully saturated rings. The van der Waals surface area contributed by atoms with Crippen LogP contribution in [0, 0.1) is 0 Å². The number of aliphatic hydroxyl groups excluding tert-OH is 2. The van der Waals surface area contributed by atoms with Crippen LogP contribution in [0.15, 0.2) is 29.3 Å². The van der Waals surface area contributed by atoms with Gasteiger partial charge in [0.25, 0.3) is 5.56 Å². The number of aromatic amines is 1. The van der Waals surface area contributed by atoms with E-state index in [0.717, 1.165) is 55.6 Å². The largest absolute Gasteiger partial charge is 0.394 e. The predicted molar refractivity (Wildman–Crippen MR) is 96.9 cm³/mol. The molecule has 1 unspecified atom stereocenters. The number of nitrogens with zero attached hydrogens (tertiary/aromatic N) is 3. The van der Waals surface area contributed by atoms with Crippen molar-refractivity contribution in [2.45, 2.75) is 37.2 Å². The summed E-state index contributed by atoms with van der Waals surface area (Å²) >= 11 is 0. The summed E-state index contributed by atoms with van der Waals surface area (Å²) in [6.07, 6.45) is 6.27. The van der Waals surface area contributed by atoms with Crippen molar-refractivity contribution in [2.75, 3.05) is 26.2 Å². The maximum absolute atomic E-state index is 12.6. The number of likely N-dealkylation sites (tertiary alicyclic amines) is 1. The fourth-order valence-electron chi connectivity index (χ4n) is 4.30. The monoisotopic (exact) mass is 356 g/mol. The van der Waals surface area contributed by atoms with Crippen LogP contribution in [-0.4, -0.2) is 62.4 Å². The van der Waals surface area contributed by atoms with Crippen LogP contribution in [0.3, 0.4) is 0 Å². The van der Waals surface area contributed by atoms with Crippen molar-refractivity contribution >= 4 is 0 Å². The molecule has 7 nitrogen and oxygen atoms in total. The molecule has 0 radical (unpaired) electrons. The van der Waals surface area contributed by atoms with Gasteiger partial charge >= 0.3 is 0 Å². The van der Waals surface area contributed by atoms with E-state index in [1.54, 1.807) is 12.4 Å². The van der Waals surface area contributed by atoms with E-state index in [0.29, 0.717) is 12.4 Å². The third-order valence-electron chi connectivity index (χ3n) is 5.80. The number of piperidine rings is 1. The van der Waals surface area contributed by atoms with Crippen LogP contribution in [0.1, 0.15) is 30.5 Å². The van der Waals surface area contributed by atoms with Gasteiger partial charge in [-0.2, -0.15) is 0 Å². The molecule has 138 valence electrons. The number of aliphatic hydroxyl groups is 2. The first kappa shape index (κ1) is 17.3. The minimum absolute atomic E-state index is 0.0381. The summed E-state index contributed by atoms with van der Waals surface area (Å²) in [6.45, 7) is 1.96. The fraction of sp³-hybridized carbons (Fsp3) is 0.526. The van der Waals surface area contributed by atoms with Gasteiger partial charge < -0.3 is 20.1 Å². The molecule has 0 saturated carbocycles. The molecule has 1 saturated heterocycles. The first-order valence-electron chi connectivity index (χ1n) is 9.17. The molecular formula is C19H24N4O3. The zero-order valence-electron chi connectivity index (χ0n) is 14.7. The van der Waals surface area contributed by atoms with Gasteiger partial charge in [0.15, 0.2) is 0 Å². The maximum Gasteiger partial charge on any atom is 0.254 e. The van der Waals surface area contributed by atoms with Gasteiger partial charge in [0.1, 0.15) is 5.82 Å². The van der Waals surface area contributed by atoms with Gasteiger partial charge in [-0.1, -0.05) is 0 Å². The molecule has 2 aromatic heterocycles. The molecular weight excluding hydrogens is 332 g/mol. The van der Waals surface area contributed by atoms with E-state index in [1.807, 2.05) is 12.1 Å². The summed E-state index contributed by atoms with van der Waals surface area (Å²) in [5.74, 6) is 0.584. The lowest BCUT2D eigenvalue weighted by Crippen LogP contribution is -2.45. The van der Waals surface area contributed by atoms with Crippen molar-refractivity contribution in [2.24, 2.45) is 0 Å². The smallest absolute Gasteiger partial charge is 0.254 e. The van der Waals surface area contributed by atoms with E-state index in [4.69, 9.17) is 10.1 Å². The molecule has 4 rings (SSSR count). The van der Waals surface area contributed by atoms with Crippen LogP contribution in [0.2, 0.25) is 0 Å². The van der Waals surface area contributed by atoms with Crippen LogP contribution >= 0.6 is 0 Å². The van der Waals surface area contributed by atoms with Crippen molar-refractivity contribution in [1.82, 2.24) is 19.9 Å². The number of aromatic nitrogens is 3. The highest BCUT2D eigenvalue weighted by atomic mass is 16.3. The maximum atomic E-state index is 12.6. The molecule has 0 bridgehead atoms. The van der Waals surface area contributed by atoms with Crippen molar-refractivity contribution in [3.8, 4) is 11.4 Å². The summed E-state index contributed by atoms with van der Waals surface area (Å²) in [5.41, 5.74) is 2.49. The van der Waals surface area contributed by atoms with Crippen molar-refractivity contribution in [3.63, 3.8) is 0 Å². The molecule has 26 heavy (non-hydrogen) atoms. The normalized spacial score (nSPS) is 20.2. The Morgan fingerprint density at radius 2 is 2.12 bits per heavy atom. The van der Waals surface area contributed by atoms with Gasteiger partial charge in [-0.25, -0.2) is 4.98 Å². The zero-order chi connectivity index (χ0) is 18.1. The number of fused-ring (bicyclic) bond motifs is 2. The molecule has 1 spiro atoms. The second-order valence-corrected chi connectivity index (χ2v) is 7.40. The Morgan fingerprint density at radius 1 is 1.31 bits per heavy atom. The Kier molecular flexibility index (Phi) is 4.60. The summed E-state index contributed by atoms with van der Waals surface area (Å²) in [5, 5.41) is 18.7. The quantitative estimate of drug-likeness (QED) is 0.736. The van der Waals surface area contributed by atoms with Crippen LogP contribution in [0.5, 0.6) is 0 Å². The average Bonchev–Trinajstić information content (AvgIpc) is 3.03. The predicted octanol–water partition coefficient (Wildman–Crippen LogP) is 0.465. The van der Waals surface area contributed by atoms with Gasteiger partial charge in [0, 0.05) is 35.5 Å². The first-order valence-corrected chi connectivity index (χ1v) is 9.17. The lowest BCUT2D eigenvalue weighted by Gasteiger charge is -2.40. The van der Waals surface area contributed by atoms with E-state index >= 15 is 0 Å². The topological polar surface area (TPSA) is 102 Å². The van der Waals surface area contributed by atoms with Gasteiger partial charge in [-0.05, 0) is 50.9 Å². The molecule has 0 amide bonds. The second-order valence-electron chi connectivity index (χ2n) is 7.40. The Bertz CT molecular complexity index is 828. The Balaban J connectivity index is 1.62. The van der Waals surface area contributed by atoms with E-state index in [1.165, 1.54) is 0 Å². The van der Waals surface area contributed by atoms with Crippen molar-refractivity contribution < 1.29 is 10.2 Å². The zero-order valence-corrected chi connectivity index (χ0v) is 14.7. The summed E-state index contributed by atoms with van der Waals surface area (Å²) in [7, 11) is 0. The molecule has 2 aliphatic rings. The van der Waals surface area contributed by atoms with Crippen LogP contribution in [0.25, 0.3) is 11.4 Å². The number of nitrogens with one attached hydrogen (secondary N) is 1. The molecule has 3 heterocycles. The van der Waals surface area contributed by atoms with Crippen LogP contribution in [-0.2, 0) is 11.8 Å². The number of β-amino-alcohol motifs (C(OH)–C–C–N with tert-alkyl or cyclic N) is 1. The Labute approximate surface area is 151 Å². The SMILES string of the molecule is O=c1[nH]c(-c2cccnc2)nc2c1CCC21CCN(CC(O)CO)CC1. The van der Waals surface area contributed by atoms with Gasteiger partial charge in [-0.3, -0.25) is 9.78 Å². The minimum Gasteiger partial charge on any atom is -0.394 e. The fourth-order valence-corrected chi connectivity index (χ4v) is 4.30. The first-order chi connectivity index (χ1) is 12.6. The van der Waals surface area contributed by atoms with E-state index in [9.17, 15) is 9.90 Å². The molecule has 1 aliphatic heterocycles. The highest BCUT2D eigenvalue weighted by Crippen LogP contribution is 2.44. The molecule has 7 heteroatoms. The number of rotatable bonds is 4. The highest BCUT2D eigenvalue weighted by Gasteiger charge is 2.44. The van der Waals surface area contributed by atoms with E-state index in [-0.39, 0.29) is 17.6 Å². The van der Waals surface area contributed by atoms with Crippen molar-refractivity contribution in [1.29, 1.82) is 0 Å². The van der Waals surface area contributed by atoms with Gasteiger partial charge in [0.05, 0.1) is 18.4 Å². The summed E-state index contributed by atoms with van der Waals surface area (Å²) in [4.78, 5) is 26.7. The average molecular weight is 356 g/mol. The minimum atomic E-state index is -0.696. The highest BCUT2D eigenvalue weighted by molar-refractivity contribution is 5.54. The number of H-pyrrole nitrogens is 1.